The van der Waals surface area contributed by atoms with Gasteiger partial charge in [-0.05, 0) is 54.4 Å². The zero-order chi connectivity index (χ0) is 20.1. The summed E-state index contributed by atoms with van der Waals surface area (Å²) in [5, 5.41) is 2.66. The van der Waals surface area contributed by atoms with Crippen LogP contribution in [0.4, 0.5) is 10.1 Å². The van der Waals surface area contributed by atoms with Crippen molar-refractivity contribution in [3.63, 3.8) is 0 Å². The third-order valence-corrected chi connectivity index (χ3v) is 5.50. The average Bonchev–Trinajstić information content (AvgIpc) is 2.68. The summed E-state index contributed by atoms with van der Waals surface area (Å²) in [6.45, 7) is 1.93. The number of amides is 1. The molecule has 0 bridgehead atoms. The summed E-state index contributed by atoms with van der Waals surface area (Å²) in [6, 6.07) is 18.7. The van der Waals surface area contributed by atoms with Crippen molar-refractivity contribution in [1.82, 2.24) is 5.32 Å². The van der Waals surface area contributed by atoms with Crippen LogP contribution >= 0.6 is 0 Å². The van der Waals surface area contributed by atoms with E-state index in [2.05, 4.69) is 10.0 Å². The molecule has 0 heterocycles. The highest BCUT2D eigenvalue weighted by Gasteiger charge is 2.17. The Labute approximate surface area is 163 Å². The van der Waals surface area contributed by atoms with E-state index in [1.807, 2.05) is 6.07 Å². The van der Waals surface area contributed by atoms with E-state index in [0.29, 0.717) is 11.3 Å². The van der Waals surface area contributed by atoms with E-state index in [9.17, 15) is 17.6 Å². The number of para-hydroxylation sites is 1. The lowest BCUT2D eigenvalue weighted by Crippen LogP contribution is -2.23. The van der Waals surface area contributed by atoms with E-state index >= 15 is 0 Å². The predicted octanol–water partition coefficient (Wildman–Crippen LogP) is 3.86. The van der Waals surface area contributed by atoms with Crippen LogP contribution in [0.15, 0.2) is 77.7 Å². The Morgan fingerprint density at radius 3 is 2.46 bits per heavy atom. The lowest BCUT2D eigenvalue weighted by Gasteiger charge is -2.11. The van der Waals surface area contributed by atoms with Crippen LogP contribution in [-0.4, -0.2) is 14.3 Å². The smallest absolute Gasteiger partial charge is 0.261 e. The molecule has 3 aromatic carbocycles. The first kappa shape index (κ1) is 19.6. The van der Waals surface area contributed by atoms with E-state index in [4.69, 9.17) is 0 Å². The van der Waals surface area contributed by atoms with Crippen molar-refractivity contribution in [2.45, 2.75) is 18.4 Å². The van der Waals surface area contributed by atoms with Gasteiger partial charge >= 0.3 is 0 Å². The van der Waals surface area contributed by atoms with E-state index in [0.717, 1.165) is 5.56 Å². The number of hydrogen-bond acceptors (Lipinski definition) is 3. The van der Waals surface area contributed by atoms with Crippen LogP contribution < -0.4 is 10.0 Å². The molecular weight excluding hydrogens is 379 g/mol. The van der Waals surface area contributed by atoms with E-state index < -0.39 is 15.9 Å². The normalized spacial score (nSPS) is 11.1. The maximum Gasteiger partial charge on any atom is 0.261 e. The first-order chi connectivity index (χ1) is 13.3. The van der Waals surface area contributed by atoms with Crippen molar-refractivity contribution >= 4 is 21.6 Å². The monoisotopic (exact) mass is 398 g/mol. The van der Waals surface area contributed by atoms with Crippen molar-refractivity contribution < 1.29 is 17.6 Å². The first-order valence-electron chi connectivity index (χ1n) is 8.56. The number of nitrogens with one attached hydrogen (secondary N) is 2. The number of rotatable bonds is 6. The second-order valence-electron chi connectivity index (χ2n) is 6.26. The van der Waals surface area contributed by atoms with Gasteiger partial charge in [-0.25, -0.2) is 12.8 Å². The third kappa shape index (κ3) is 4.75. The lowest BCUT2D eigenvalue weighted by molar-refractivity contribution is 0.0950. The molecule has 0 aliphatic rings. The second-order valence-corrected chi connectivity index (χ2v) is 7.94. The van der Waals surface area contributed by atoms with Gasteiger partial charge in [0.2, 0.25) is 0 Å². The van der Waals surface area contributed by atoms with Gasteiger partial charge in [0.25, 0.3) is 15.9 Å². The highest BCUT2D eigenvalue weighted by Crippen LogP contribution is 2.20. The number of anilines is 1. The molecule has 0 saturated heterocycles. The summed E-state index contributed by atoms with van der Waals surface area (Å²) >= 11 is 0. The topological polar surface area (TPSA) is 75.3 Å². The van der Waals surface area contributed by atoms with Crippen LogP contribution in [0.3, 0.4) is 0 Å². The maximum atomic E-state index is 13.2. The Morgan fingerprint density at radius 1 is 0.964 bits per heavy atom. The maximum absolute atomic E-state index is 13.2. The number of hydrogen-bond donors (Lipinski definition) is 2. The van der Waals surface area contributed by atoms with Crippen LogP contribution in [0.1, 0.15) is 21.5 Å². The molecule has 0 saturated carbocycles. The average molecular weight is 398 g/mol. The molecule has 3 rings (SSSR count). The van der Waals surface area contributed by atoms with Crippen molar-refractivity contribution in [1.29, 1.82) is 0 Å². The molecule has 0 aliphatic heterocycles. The fraction of sp³-hybridized carbons (Fsp3) is 0.0952. The molecule has 0 unspecified atom stereocenters. The molecule has 3 aromatic rings. The molecule has 0 spiro atoms. The Bertz CT molecular complexity index is 1110. The summed E-state index contributed by atoms with van der Waals surface area (Å²) in [7, 11) is -3.84. The molecule has 0 aliphatic carbocycles. The van der Waals surface area contributed by atoms with Crippen LogP contribution in [0.25, 0.3) is 0 Å². The van der Waals surface area contributed by atoms with Crippen LogP contribution in [0.2, 0.25) is 0 Å². The number of aryl methyl sites for hydroxylation is 1. The second kappa shape index (κ2) is 8.22. The molecule has 0 aromatic heterocycles. The molecule has 0 atom stereocenters. The quantitative estimate of drug-likeness (QED) is 0.662. The number of benzene rings is 3. The van der Waals surface area contributed by atoms with E-state index in [-0.39, 0.29) is 22.8 Å². The zero-order valence-corrected chi connectivity index (χ0v) is 16.0. The highest BCUT2D eigenvalue weighted by atomic mass is 32.2. The van der Waals surface area contributed by atoms with Crippen molar-refractivity contribution in [3.8, 4) is 0 Å². The van der Waals surface area contributed by atoms with Gasteiger partial charge in [-0.1, -0.05) is 36.4 Å². The third-order valence-electron chi connectivity index (χ3n) is 4.14. The molecule has 7 heteroatoms. The minimum Gasteiger partial charge on any atom is -0.348 e. The Kier molecular flexibility index (Phi) is 5.75. The van der Waals surface area contributed by atoms with Gasteiger partial charge in [0.15, 0.2) is 0 Å². The van der Waals surface area contributed by atoms with Gasteiger partial charge in [0.1, 0.15) is 5.82 Å². The fourth-order valence-corrected chi connectivity index (χ4v) is 3.80. The molecule has 0 radical (unpaired) electrons. The molecule has 1 amide bonds. The van der Waals surface area contributed by atoms with Gasteiger partial charge < -0.3 is 5.32 Å². The Hall–Kier alpha value is -3.19. The van der Waals surface area contributed by atoms with Crippen LogP contribution in [-0.2, 0) is 16.6 Å². The largest absolute Gasteiger partial charge is 0.348 e. The van der Waals surface area contributed by atoms with Gasteiger partial charge in [-0.15, -0.1) is 0 Å². The van der Waals surface area contributed by atoms with Crippen molar-refractivity contribution in [3.05, 3.63) is 95.3 Å². The molecule has 5 nitrogen and oxygen atoms in total. The summed E-state index contributed by atoms with van der Waals surface area (Å²) in [5.41, 5.74) is 2.07. The number of carbonyl (C=O) groups excluding carboxylic acids is 1. The molecule has 144 valence electrons. The van der Waals surface area contributed by atoms with Gasteiger partial charge in [0.05, 0.1) is 10.6 Å². The summed E-state index contributed by atoms with van der Waals surface area (Å²) in [5.74, 6) is -0.834. The van der Waals surface area contributed by atoms with Gasteiger partial charge in [-0.3, -0.25) is 9.52 Å². The number of carbonyl (C=O) groups is 1. The van der Waals surface area contributed by atoms with E-state index in [1.165, 1.54) is 36.4 Å². The van der Waals surface area contributed by atoms with Crippen molar-refractivity contribution in [2.24, 2.45) is 0 Å². The summed E-state index contributed by atoms with van der Waals surface area (Å²) in [6.07, 6.45) is 0. The zero-order valence-electron chi connectivity index (χ0n) is 15.1. The van der Waals surface area contributed by atoms with Gasteiger partial charge in [-0.2, -0.15) is 0 Å². The first-order valence-corrected chi connectivity index (χ1v) is 10.0. The number of sulfonamides is 1. The van der Waals surface area contributed by atoms with Gasteiger partial charge in [0, 0.05) is 12.1 Å². The summed E-state index contributed by atoms with van der Waals surface area (Å²) < 4.78 is 41.1. The minimum atomic E-state index is -3.84. The Balaban J connectivity index is 1.75. The van der Waals surface area contributed by atoms with Crippen LogP contribution in [0.5, 0.6) is 0 Å². The minimum absolute atomic E-state index is 0.0193. The summed E-state index contributed by atoms with van der Waals surface area (Å²) in [4.78, 5) is 12.4. The van der Waals surface area contributed by atoms with Crippen LogP contribution in [0, 0.1) is 12.7 Å². The molecule has 28 heavy (non-hydrogen) atoms. The SMILES string of the molecule is Cc1ccccc1NS(=O)(=O)c1cccc(C(=O)NCc2cccc(F)c2)c1. The standard InChI is InChI=1S/C21H19FN2O3S/c1-15-6-2-3-11-20(15)24-28(26,27)19-10-5-8-17(13-19)21(25)23-14-16-7-4-9-18(22)12-16/h2-13,24H,14H2,1H3,(H,23,25). The fourth-order valence-electron chi connectivity index (χ4n) is 2.63. The lowest BCUT2D eigenvalue weighted by atomic mass is 10.2. The molecule has 0 fully saturated rings. The van der Waals surface area contributed by atoms with Crippen molar-refractivity contribution in [2.75, 3.05) is 4.72 Å². The number of halogens is 1. The molecular formula is C21H19FN2O3S. The Morgan fingerprint density at radius 2 is 1.71 bits per heavy atom. The predicted molar refractivity (Wildman–Crippen MR) is 106 cm³/mol. The van der Waals surface area contributed by atoms with E-state index in [1.54, 1.807) is 37.3 Å². The molecule has 2 N–H and O–H groups in total. The highest BCUT2D eigenvalue weighted by molar-refractivity contribution is 7.92.